The molecule has 3 heteroatoms. The van der Waals surface area contributed by atoms with E-state index in [9.17, 15) is 0 Å². The van der Waals surface area contributed by atoms with Crippen molar-refractivity contribution in [1.29, 1.82) is 0 Å². The lowest BCUT2D eigenvalue weighted by atomic mass is 9.67. The van der Waals surface area contributed by atoms with Gasteiger partial charge in [-0.2, -0.15) is 0 Å². The molecule has 0 unspecified atom stereocenters. The minimum Gasteiger partial charge on any atom is -0.308 e. The second-order valence-corrected chi connectivity index (χ2v) is 16.6. The van der Waals surface area contributed by atoms with Crippen LogP contribution in [0, 0.1) is 0 Å². The summed E-state index contributed by atoms with van der Waals surface area (Å²) in [6.45, 7) is 0. The van der Waals surface area contributed by atoms with E-state index >= 15 is 0 Å². The van der Waals surface area contributed by atoms with E-state index in [4.69, 9.17) is 0 Å². The molecule has 0 radical (unpaired) electrons. The average Bonchev–Trinajstić information content (AvgIpc) is 4.03. The maximum absolute atomic E-state index is 2.59. The highest BCUT2D eigenvalue weighted by Crippen LogP contribution is 2.57. The standard InChI is InChI=1S/C55H34N2S/c1-4-18-35(19-5-1)55(36-20-6-2-7-21-36)44-28-14-10-24-39(44)40-33-32-38(34-45(40)55)57-46-29-15-11-25-41(46)49-52-50(54-51(53(49)57)43-27-13-17-31-48(43)58-54)42-26-12-16-30-47(42)56(52)37-22-8-3-9-23-37/h1-34H. The van der Waals surface area contributed by atoms with Gasteiger partial charge in [-0.3, -0.25) is 0 Å². The van der Waals surface area contributed by atoms with Crippen molar-refractivity contribution in [3.8, 4) is 22.5 Å². The van der Waals surface area contributed by atoms with Gasteiger partial charge in [0.2, 0.25) is 0 Å². The Balaban J connectivity index is 1.25. The molecule has 1 aliphatic rings. The lowest BCUT2D eigenvalue weighted by Crippen LogP contribution is -2.28. The third kappa shape index (κ3) is 4.06. The van der Waals surface area contributed by atoms with E-state index < -0.39 is 5.41 Å². The SMILES string of the molecule is c1ccc(-n2c3ccccc3c3c4sc5ccccc5c4c4c(c5ccccc5n4-c4ccc5c(c4)C(c4ccccc4)(c4ccccc4)c4ccccc4-5)c32)cc1. The second kappa shape index (κ2) is 11.9. The molecule has 0 spiro atoms. The van der Waals surface area contributed by atoms with Gasteiger partial charge in [0.15, 0.2) is 0 Å². The van der Waals surface area contributed by atoms with Gasteiger partial charge in [-0.1, -0.05) is 164 Å². The summed E-state index contributed by atoms with van der Waals surface area (Å²) in [5.74, 6) is 0. The number of rotatable bonds is 4. The van der Waals surface area contributed by atoms with Gasteiger partial charge in [0.1, 0.15) is 0 Å². The fourth-order valence-electron chi connectivity index (χ4n) is 10.6. The summed E-state index contributed by atoms with van der Waals surface area (Å²) < 4.78 is 7.73. The molecule has 0 bridgehead atoms. The van der Waals surface area contributed by atoms with Gasteiger partial charge in [0.25, 0.3) is 0 Å². The highest BCUT2D eigenvalue weighted by molar-refractivity contribution is 7.27. The maximum Gasteiger partial charge on any atom is 0.0714 e. The van der Waals surface area contributed by atoms with Crippen LogP contribution in [0.1, 0.15) is 22.3 Å². The van der Waals surface area contributed by atoms with Crippen molar-refractivity contribution in [2.24, 2.45) is 0 Å². The molecule has 58 heavy (non-hydrogen) atoms. The van der Waals surface area contributed by atoms with Crippen LogP contribution >= 0.6 is 11.3 Å². The van der Waals surface area contributed by atoms with E-state index in [1.54, 1.807) is 0 Å². The number of para-hydroxylation sites is 3. The van der Waals surface area contributed by atoms with Crippen LogP contribution in [0.15, 0.2) is 206 Å². The number of thiophene rings is 1. The Morgan fingerprint density at radius 2 is 0.862 bits per heavy atom. The molecular formula is C55H34N2S. The first-order valence-electron chi connectivity index (χ1n) is 20.0. The molecule has 3 aromatic heterocycles. The first-order chi connectivity index (χ1) is 28.8. The summed E-state index contributed by atoms with van der Waals surface area (Å²) in [5, 5.41) is 7.75. The third-order valence-electron chi connectivity index (χ3n) is 12.8. The summed E-state index contributed by atoms with van der Waals surface area (Å²) in [6.07, 6.45) is 0. The minimum absolute atomic E-state index is 0.499. The van der Waals surface area contributed by atoms with Gasteiger partial charge < -0.3 is 9.13 Å². The first kappa shape index (κ1) is 31.9. The van der Waals surface area contributed by atoms with Crippen molar-refractivity contribution in [3.63, 3.8) is 0 Å². The molecule has 0 amide bonds. The number of fused-ring (bicyclic) bond motifs is 15. The molecule has 1 aliphatic carbocycles. The lowest BCUT2D eigenvalue weighted by Gasteiger charge is -2.34. The normalized spacial score (nSPS) is 13.3. The van der Waals surface area contributed by atoms with Crippen LogP contribution in [-0.2, 0) is 5.41 Å². The van der Waals surface area contributed by atoms with Gasteiger partial charge in [0.05, 0.1) is 27.5 Å². The molecule has 0 N–H and O–H groups in total. The Kier molecular flexibility index (Phi) is 6.56. The van der Waals surface area contributed by atoms with E-state index in [1.807, 2.05) is 11.3 Å². The fraction of sp³-hybridized carbons (Fsp3) is 0.0182. The quantitative estimate of drug-likeness (QED) is 0.169. The monoisotopic (exact) mass is 754 g/mol. The van der Waals surface area contributed by atoms with Crippen LogP contribution in [0.4, 0.5) is 0 Å². The minimum atomic E-state index is -0.499. The highest BCUT2D eigenvalue weighted by atomic mass is 32.1. The molecule has 0 aliphatic heterocycles. The van der Waals surface area contributed by atoms with Crippen molar-refractivity contribution in [3.05, 3.63) is 229 Å². The molecule has 9 aromatic carbocycles. The Morgan fingerprint density at radius 3 is 1.55 bits per heavy atom. The number of benzene rings is 9. The molecular weight excluding hydrogens is 721 g/mol. The summed E-state index contributed by atoms with van der Waals surface area (Å²) >= 11 is 1.92. The third-order valence-corrected chi connectivity index (χ3v) is 13.9. The zero-order valence-electron chi connectivity index (χ0n) is 31.4. The number of nitrogens with zero attached hydrogens (tertiary/aromatic N) is 2. The van der Waals surface area contributed by atoms with E-state index in [0.717, 1.165) is 11.4 Å². The molecule has 13 rings (SSSR count). The van der Waals surface area contributed by atoms with Gasteiger partial charge in [-0.15, -0.1) is 11.3 Å². The van der Waals surface area contributed by atoms with Crippen molar-refractivity contribution < 1.29 is 0 Å². The van der Waals surface area contributed by atoms with Gasteiger partial charge >= 0.3 is 0 Å². The average molecular weight is 755 g/mol. The second-order valence-electron chi connectivity index (χ2n) is 15.5. The van der Waals surface area contributed by atoms with Gasteiger partial charge in [0, 0.05) is 53.1 Å². The molecule has 0 saturated carbocycles. The highest BCUT2D eigenvalue weighted by Gasteiger charge is 2.46. The molecule has 0 fully saturated rings. The van der Waals surface area contributed by atoms with E-state index in [1.165, 1.54) is 97.2 Å². The molecule has 0 saturated heterocycles. The largest absolute Gasteiger partial charge is 0.308 e. The Bertz CT molecular complexity index is 3570. The Hall–Kier alpha value is -7.20. The predicted octanol–water partition coefficient (Wildman–Crippen LogP) is 14.6. The number of hydrogen-bond donors (Lipinski definition) is 0. The zero-order chi connectivity index (χ0) is 38.0. The van der Waals surface area contributed by atoms with Crippen LogP contribution in [0.3, 0.4) is 0 Å². The fourth-order valence-corrected chi connectivity index (χ4v) is 11.8. The van der Waals surface area contributed by atoms with Crippen LogP contribution in [0.2, 0.25) is 0 Å². The van der Waals surface area contributed by atoms with Crippen molar-refractivity contribution >= 4 is 75.1 Å². The van der Waals surface area contributed by atoms with Gasteiger partial charge in [-0.05, 0) is 75.8 Å². The molecule has 0 atom stereocenters. The van der Waals surface area contributed by atoms with E-state index in [2.05, 4.69) is 215 Å². The van der Waals surface area contributed by atoms with Crippen LogP contribution in [-0.4, -0.2) is 9.13 Å². The zero-order valence-corrected chi connectivity index (χ0v) is 32.2. The van der Waals surface area contributed by atoms with Crippen LogP contribution < -0.4 is 0 Å². The predicted molar refractivity (Wildman–Crippen MR) is 245 cm³/mol. The summed E-state index contributed by atoms with van der Waals surface area (Å²) in [5.41, 5.74) is 14.5. The van der Waals surface area contributed by atoms with Crippen molar-refractivity contribution in [1.82, 2.24) is 9.13 Å². The summed E-state index contributed by atoms with van der Waals surface area (Å²) in [6, 6.07) is 76.5. The smallest absolute Gasteiger partial charge is 0.0714 e. The Morgan fingerprint density at radius 1 is 0.362 bits per heavy atom. The Labute approximate surface area is 339 Å². The van der Waals surface area contributed by atoms with E-state index in [-0.39, 0.29) is 0 Å². The van der Waals surface area contributed by atoms with Crippen molar-refractivity contribution in [2.45, 2.75) is 5.41 Å². The van der Waals surface area contributed by atoms with Gasteiger partial charge in [-0.25, -0.2) is 0 Å². The first-order valence-corrected chi connectivity index (χ1v) is 20.8. The maximum atomic E-state index is 2.59. The van der Waals surface area contributed by atoms with Crippen molar-refractivity contribution in [2.75, 3.05) is 0 Å². The van der Waals surface area contributed by atoms with Crippen LogP contribution in [0.25, 0.3) is 86.3 Å². The van der Waals surface area contributed by atoms with Crippen LogP contribution in [0.5, 0.6) is 0 Å². The number of aromatic nitrogens is 2. The molecule has 3 heterocycles. The summed E-state index contributed by atoms with van der Waals surface area (Å²) in [4.78, 5) is 0. The molecule has 270 valence electrons. The topological polar surface area (TPSA) is 9.86 Å². The summed E-state index contributed by atoms with van der Waals surface area (Å²) in [7, 11) is 0. The lowest BCUT2D eigenvalue weighted by molar-refractivity contribution is 0.767. The van der Waals surface area contributed by atoms with E-state index in [0.29, 0.717) is 0 Å². The number of hydrogen-bond acceptors (Lipinski definition) is 1. The molecule has 12 aromatic rings. The molecule has 2 nitrogen and oxygen atoms in total.